The van der Waals surface area contributed by atoms with E-state index < -0.39 is 18.4 Å². The highest BCUT2D eigenvalue weighted by Crippen LogP contribution is 2.23. The summed E-state index contributed by atoms with van der Waals surface area (Å²) < 4.78 is 29.5. The number of benzene rings is 2. The molecule has 1 amide bonds. The molecule has 1 fully saturated rings. The third-order valence-electron chi connectivity index (χ3n) is 6.64. The molecule has 1 aliphatic rings. The van der Waals surface area contributed by atoms with Crippen molar-refractivity contribution in [1.29, 1.82) is 0 Å². The quantitative estimate of drug-likeness (QED) is 0.276. The molecular formula is C30H38N4O5. The first-order valence-corrected chi connectivity index (χ1v) is 13.5. The second kappa shape index (κ2) is 15.0. The van der Waals surface area contributed by atoms with Crippen LogP contribution >= 0.6 is 0 Å². The third kappa shape index (κ3) is 8.94. The lowest BCUT2D eigenvalue weighted by Gasteiger charge is -2.29. The zero-order valence-electron chi connectivity index (χ0n) is 24.2. The van der Waals surface area contributed by atoms with Crippen LogP contribution in [0.4, 0.5) is 0 Å². The number of aliphatic carboxylic acids is 1. The normalized spacial score (nSPS) is 14.9. The number of carbonyl (C=O) groups is 2. The van der Waals surface area contributed by atoms with E-state index >= 15 is 0 Å². The van der Waals surface area contributed by atoms with Gasteiger partial charge in [0.25, 0.3) is 5.91 Å². The molecule has 0 bridgehead atoms. The molecule has 39 heavy (non-hydrogen) atoms. The molecule has 9 nitrogen and oxygen atoms in total. The summed E-state index contributed by atoms with van der Waals surface area (Å²) in [7, 11) is 0. The second-order valence-electron chi connectivity index (χ2n) is 9.48. The predicted octanol–water partition coefficient (Wildman–Crippen LogP) is 4.47. The number of unbranched alkanes of at least 4 members (excludes halogenated alkanes) is 2. The van der Waals surface area contributed by atoms with Gasteiger partial charge < -0.3 is 19.5 Å². The molecule has 1 saturated heterocycles. The van der Waals surface area contributed by atoms with Gasteiger partial charge in [0.05, 0.1) is 26.0 Å². The van der Waals surface area contributed by atoms with E-state index in [1.54, 1.807) is 24.5 Å². The first-order chi connectivity index (χ1) is 19.8. The molecule has 1 aromatic heterocycles. The molecule has 208 valence electrons. The van der Waals surface area contributed by atoms with Crippen LogP contribution in [-0.4, -0.2) is 82.9 Å². The summed E-state index contributed by atoms with van der Waals surface area (Å²) in [6.07, 6.45) is 5.79. The minimum absolute atomic E-state index is 0.0353. The predicted molar refractivity (Wildman–Crippen MR) is 149 cm³/mol. The number of nitrogens with zero attached hydrogens (tertiary/aromatic N) is 3. The van der Waals surface area contributed by atoms with E-state index in [0.717, 1.165) is 30.6 Å². The van der Waals surface area contributed by atoms with E-state index in [2.05, 4.69) is 15.1 Å². The number of carbonyl (C=O) groups excluding carboxylic acids is 1. The van der Waals surface area contributed by atoms with Gasteiger partial charge in [0, 0.05) is 64.7 Å². The Labute approximate surface area is 232 Å². The molecule has 0 unspecified atom stereocenters. The Kier molecular flexibility index (Phi) is 9.87. The number of amides is 1. The van der Waals surface area contributed by atoms with Crippen LogP contribution in [0.3, 0.4) is 0 Å². The van der Waals surface area contributed by atoms with Crippen molar-refractivity contribution < 1.29 is 26.9 Å². The standard InChI is InChI=1S/C30H38N4O5/c35-29(36)9-2-1-5-18-39-28-8-4-3-7-26(28)23-34(15-6-14-33-16-19-38-20-17-33)30(37)25-12-10-24(11-13-25)27-21-31-32-22-27/h3-4,7-8,10-13,21-22H,1-2,5-6,9,14-20,23H2,(H,31,32)(H,35,36)/i15D2. The van der Waals surface area contributed by atoms with Gasteiger partial charge in [-0.25, -0.2) is 0 Å². The molecule has 3 aromatic rings. The average molecular weight is 537 g/mol. The van der Waals surface area contributed by atoms with Crippen LogP contribution in [0.15, 0.2) is 60.9 Å². The van der Waals surface area contributed by atoms with Gasteiger partial charge >= 0.3 is 5.97 Å². The van der Waals surface area contributed by atoms with Crippen molar-refractivity contribution in [2.45, 2.75) is 38.6 Å². The van der Waals surface area contributed by atoms with Crippen molar-refractivity contribution in [3.05, 3.63) is 72.1 Å². The molecule has 2 N–H and O–H groups in total. The van der Waals surface area contributed by atoms with Gasteiger partial charge in [-0.1, -0.05) is 30.3 Å². The Morgan fingerprint density at radius 2 is 1.85 bits per heavy atom. The van der Waals surface area contributed by atoms with E-state index in [1.165, 1.54) is 4.90 Å². The Hall–Kier alpha value is -3.69. The number of aromatic amines is 1. The number of morpholine rings is 1. The monoisotopic (exact) mass is 536 g/mol. The molecule has 1 aliphatic heterocycles. The lowest BCUT2D eigenvalue weighted by molar-refractivity contribution is -0.137. The van der Waals surface area contributed by atoms with E-state index in [-0.39, 0.29) is 19.4 Å². The summed E-state index contributed by atoms with van der Waals surface area (Å²) in [5.74, 6) is -0.623. The second-order valence-corrected chi connectivity index (χ2v) is 9.48. The van der Waals surface area contributed by atoms with Crippen molar-refractivity contribution in [2.24, 2.45) is 0 Å². The number of carboxylic acids is 1. The fourth-order valence-electron chi connectivity index (χ4n) is 4.42. The average Bonchev–Trinajstić information content (AvgIpc) is 3.53. The van der Waals surface area contributed by atoms with E-state index in [1.807, 2.05) is 36.4 Å². The molecule has 0 atom stereocenters. The number of nitrogens with one attached hydrogen (secondary N) is 1. The maximum Gasteiger partial charge on any atom is 0.303 e. The molecule has 0 saturated carbocycles. The van der Waals surface area contributed by atoms with Crippen molar-refractivity contribution in [1.82, 2.24) is 20.0 Å². The molecule has 9 heteroatoms. The largest absolute Gasteiger partial charge is 0.493 e. The number of H-pyrrole nitrogens is 1. The van der Waals surface area contributed by atoms with Crippen molar-refractivity contribution in [3.63, 3.8) is 0 Å². The lowest BCUT2D eigenvalue weighted by atomic mass is 10.1. The minimum atomic E-state index is -1.93. The molecule has 0 spiro atoms. The number of hydrogen-bond donors (Lipinski definition) is 2. The highest BCUT2D eigenvalue weighted by molar-refractivity contribution is 5.94. The zero-order chi connectivity index (χ0) is 29.1. The maximum atomic E-state index is 13.9. The fourth-order valence-corrected chi connectivity index (χ4v) is 4.42. The topological polar surface area (TPSA) is 108 Å². The smallest absolute Gasteiger partial charge is 0.303 e. The van der Waals surface area contributed by atoms with Gasteiger partial charge in [0.1, 0.15) is 5.75 Å². The Morgan fingerprint density at radius 1 is 1.05 bits per heavy atom. The SMILES string of the molecule is [2H]C([2H])(CCN1CCOCC1)N(Cc1ccccc1OCCCCCC(=O)O)C(=O)c1ccc(-c2cn[nH]c2)cc1. The summed E-state index contributed by atoms with van der Waals surface area (Å²) in [5, 5.41) is 15.6. The molecule has 0 radical (unpaired) electrons. The van der Waals surface area contributed by atoms with E-state index in [4.69, 9.17) is 17.3 Å². The molecule has 2 heterocycles. The van der Waals surface area contributed by atoms with Crippen LogP contribution in [0, 0.1) is 0 Å². The van der Waals surface area contributed by atoms with E-state index in [0.29, 0.717) is 56.1 Å². The van der Waals surface area contributed by atoms with Gasteiger partial charge in [-0.05, 0) is 49.4 Å². The van der Waals surface area contributed by atoms with Crippen molar-refractivity contribution in [3.8, 4) is 16.9 Å². The third-order valence-corrected chi connectivity index (χ3v) is 6.64. The summed E-state index contributed by atoms with van der Waals surface area (Å²) in [5.41, 5.74) is 2.90. The lowest BCUT2D eigenvalue weighted by Crippen LogP contribution is -2.39. The van der Waals surface area contributed by atoms with Crippen LogP contribution in [-0.2, 0) is 16.1 Å². The van der Waals surface area contributed by atoms with Crippen LogP contribution in [0.1, 0.15) is 50.8 Å². The van der Waals surface area contributed by atoms with Gasteiger partial charge in [0.15, 0.2) is 0 Å². The number of para-hydroxylation sites is 1. The van der Waals surface area contributed by atoms with Crippen LogP contribution in [0.5, 0.6) is 5.75 Å². The number of rotatable bonds is 15. The Morgan fingerprint density at radius 3 is 2.59 bits per heavy atom. The van der Waals surface area contributed by atoms with Crippen LogP contribution in [0.2, 0.25) is 0 Å². The number of aromatic nitrogens is 2. The molecule has 2 aromatic carbocycles. The van der Waals surface area contributed by atoms with E-state index in [9.17, 15) is 9.59 Å². The molecule has 0 aliphatic carbocycles. The first-order valence-electron chi connectivity index (χ1n) is 14.5. The first kappa shape index (κ1) is 25.6. The van der Waals surface area contributed by atoms with Gasteiger partial charge in [-0.15, -0.1) is 0 Å². The zero-order valence-corrected chi connectivity index (χ0v) is 22.2. The number of hydrogen-bond acceptors (Lipinski definition) is 6. The van der Waals surface area contributed by atoms with Crippen LogP contribution < -0.4 is 4.74 Å². The number of ether oxygens (including phenoxy) is 2. The van der Waals surface area contributed by atoms with Crippen LogP contribution in [0.25, 0.3) is 11.1 Å². The highest BCUT2D eigenvalue weighted by atomic mass is 16.5. The van der Waals surface area contributed by atoms with Gasteiger partial charge in [-0.3, -0.25) is 19.6 Å². The summed E-state index contributed by atoms with van der Waals surface area (Å²) >= 11 is 0. The fraction of sp³-hybridized carbons (Fsp3) is 0.433. The molecular weight excluding hydrogens is 496 g/mol. The maximum absolute atomic E-state index is 13.9. The number of carboxylic acid groups (broad SMARTS) is 1. The van der Waals surface area contributed by atoms with Crippen molar-refractivity contribution in [2.75, 3.05) is 46.0 Å². The van der Waals surface area contributed by atoms with Gasteiger partial charge in [0.2, 0.25) is 0 Å². The summed E-state index contributed by atoms with van der Waals surface area (Å²) in [6, 6.07) is 14.5. The molecule has 4 rings (SSSR count). The summed E-state index contributed by atoms with van der Waals surface area (Å²) in [4.78, 5) is 28.1. The van der Waals surface area contributed by atoms with Crippen molar-refractivity contribution >= 4 is 11.9 Å². The highest BCUT2D eigenvalue weighted by Gasteiger charge is 2.19. The van der Waals surface area contributed by atoms with Gasteiger partial charge in [-0.2, -0.15) is 5.10 Å². The Balaban J connectivity index is 1.50. The Bertz CT molecular complexity index is 1250. The minimum Gasteiger partial charge on any atom is -0.493 e. The summed E-state index contributed by atoms with van der Waals surface area (Å²) in [6.45, 7) is 1.74.